The highest BCUT2D eigenvalue weighted by atomic mass is 16.5. The molecule has 3 rings (SSSR count). The number of hydrogen-bond donors (Lipinski definition) is 0. The van der Waals surface area contributed by atoms with Crippen molar-refractivity contribution in [3.63, 3.8) is 0 Å². The number of carbonyl (C=O) groups excluding carboxylic acids is 1. The van der Waals surface area contributed by atoms with Crippen LogP contribution in [0.1, 0.15) is 73.0 Å². The molecule has 0 heterocycles. The van der Waals surface area contributed by atoms with Crippen molar-refractivity contribution in [2.45, 2.75) is 65.7 Å². The Labute approximate surface area is 187 Å². The Morgan fingerprint density at radius 2 is 1.42 bits per heavy atom. The third-order valence-corrected chi connectivity index (χ3v) is 5.80. The van der Waals surface area contributed by atoms with Gasteiger partial charge >= 0.3 is 5.97 Å². The van der Waals surface area contributed by atoms with Gasteiger partial charge in [-0.15, -0.1) is 0 Å². The van der Waals surface area contributed by atoms with Crippen LogP contribution in [0, 0.1) is 6.92 Å². The molecule has 2 heteroatoms. The molecule has 31 heavy (non-hydrogen) atoms. The quantitative estimate of drug-likeness (QED) is 0.191. The van der Waals surface area contributed by atoms with Crippen molar-refractivity contribution in [1.82, 2.24) is 0 Å². The van der Waals surface area contributed by atoms with Crippen molar-refractivity contribution in [3.8, 4) is 16.9 Å². The minimum atomic E-state index is -0.318. The molecule has 3 aromatic carbocycles. The summed E-state index contributed by atoms with van der Waals surface area (Å²) in [7, 11) is 0. The van der Waals surface area contributed by atoms with Crippen LogP contribution in [0.3, 0.4) is 0 Å². The van der Waals surface area contributed by atoms with Gasteiger partial charge in [0, 0.05) is 0 Å². The van der Waals surface area contributed by atoms with Crippen LogP contribution in [0.5, 0.6) is 5.75 Å². The van der Waals surface area contributed by atoms with E-state index in [1.54, 1.807) is 0 Å². The molecule has 0 N–H and O–H groups in total. The molecule has 0 aromatic heterocycles. The van der Waals surface area contributed by atoms with Gasteiger partial charge < -0.3 is 4.74 Å². The van der Waals surface area contributed by atoms with Crippen LogP contribution >= 0.6 is 0 Å². The highest BCUT2D eigenvalue weighted by Gasteiger charge is 2.09. The average Bonchev–Trinajstić information content (AvgIpc) is 2.79. The van der Waals surface area contributed by atoms with Crippen LogP contribution in [0.25, 0.3) is 11.1 Å². The first-order valence-corrected chi connectivity index (χ1v) is 11.6. The van der Waals surface area contributed by atoms with Gasteiger partial charge in [-0.2, -0.15) is 0 Å². The SMILES string of the molecule is CCCCCc1ccc(-c2ccc(OC(=O)c3ccc(CCCC)cc3)cc2)cc1C. The molecule has 0 fully saturated rings. The van der Waals surface area contributed by atoms with Gasteiger partial charge in [0.05, 0.1) is 5.56 Å². The second-order valence-electron chi connectivity index (χ2n) is 8.31. The Kier molecular flexibility index (Phi) is 8.46. The van der Waals surface area contributed by atoms with E-state index >= 15 is 0 Å². The van der Waals surface area contributed by atoms with Crippen molar-refractivity contribution in [1.29, 1.82) is 0 Å². The van der Waals surface area contributed by atoms with Crippen molar-refractivity contribution in [3.05, 3.63) is 89.0 Å². The molecule has 0 amide bonds. The number of rotatable bonds is 10. The second kappa shape index (κ2) is 11.5. The van der Waals surface area contributed by atoms with E-state index < -0.39 is 0 Å². The molecule has 0 aliphatic heterocycles. The fraction of sp³-hybridized carbons (Fsp3) is 0.345. The van der Waals surface area contributed by atoms with E-state index in [4.69, 9.17) is 4.74 Å². The number of unbranched alkanes of at least 4 members (excludes halogenated alkanes) is 3. The van der Waals surface area contributed by atoms with Gasteiger partial charge in [0.15, 0.2) is 0 Å². The predicted octanol–water partition coefficient (Wildman–Crippen LogP) is 7.96. The lowest BCUT2D eigenvalue weighted by atomic mass is 9.97. The summed E-state index contributed by atoms with van der Waals surface area (Å²) in [5.74, 6) is 0.249. The van der Waals surface area contributed by atoms with E-state index in [-0.39, 0.29) is 5.97 Å². The number of benzene rings is 3. The largest absolute Gasteiger partial charge is 0.423 e. The fourth-order valence-electron chi connectivity index (χ4n) is 3.79. The molecule has 0 radical (unpaired) electrons. The molecular weight excluding hydrogens is 380 g/mol. The number of ether oxygens (including phenoxy) is 1. The smallest absolute Gasteiger partial charge is 0.343 e. The lowest BCUT2D eigenvalue weighted by Crippen LogP contribution is -2.08. The molecule has 0 atom stereocenters. The van der Waals surface area contributed by atoms with Crippen molar-refractivity contribution in [2.24, 2.45) is 0 Å². The van der Waals surface area contributed by atoms with Gasteiger partial charge in [-0.25, -0.2) is 4.79 Å². The Morgan fingerprint density at radius 1 is 0.742 bits per heavy atom. The molecule has 2 nitrogen and oxygen atoms in total. The highest BCUT2D eigenvalue weighted by molar-refractivity contribution is 5.91. The van der Waals surface area contributed by atoms with E-state index in [0.717, 1.165) is 24.8 Å². The number of aryl methyl sites for hydroxylation is 3. The van der Waals surface area contributed by atoms with Gasteiger partial charge in [-0.05, 0) is 84.7 Å². The van der Waals surface area contributed by atoms with Crippen LogP contribution in [0.15, 0.2) is 66.7 Å². The minimum Gasteiger partial charge on any atom is -0.423 e. The highest BCUT2D eigenvalue weighted by Crippen LogP contribution is 2.26. The summed E-state index contributed by atoms with van der Waals surface area (Å²) in [6.45, 7) is 6.61. The normalized spacial score (nSPS) is 10.8. The molecule has 0 bridgehead atoms. The van der Waals surface area contributed by atoms with E-state index in [1.807, 2.05) is 48.5 Å². The Hall–Kier alpha value is -2.87. The standard InChI is InChI=1S/C29H34O2/c1-4-6-8-10-24-15-16-27(21-22(24)3)25-17-19-28(20-18-25)31-29(30)26-13-11-23(12-14-26)9-7-5-2/h11-21H,4-10H2,1-3H3. The number of carbonyl (C=O) groups is 1. The first-order chi connectivity index (χ1) is 15.1. The molecule has 0 aliphatic carbocycles. The third-order valence-electron chi connectivity index (χ3n) is 5.80. The summed E-state index contributed by atoms with van der Waals surface area (Å²) in [5.41, 5.74) is 6.93. The van der Waals surface area contributed by atoms with E-state index in [9.17, 15) is 4.79 Å². The van der Waals surface area contributed by atoms with Crippen LogP contribution in [-0.4, -0.2) is 5.97 Å². The van der Waals surface area contributed by atoms with Gasteiger partial charge in [0.25, 0.3) is 0 Å². The Bertz CT molecular complexity index is 969. The first-order valence-electron chi connectivity index (χ1n) is 11.6. The maximum Gasteiger partial charge on any atom is 0.343 e. The topological polar surface area (TPSA) is 26.3 Å². The zero-order chi connectivity index (χ0) is 22.1. The van der Waals surface area contributed by atoms with Crippen molar-refractivity contribution >= 4 is 5.97 Å². The molecular formula is C29H34O2. The third kappa shape index (κ3) is 6.55. The first kappa shape index (κ1) is 22.8. The van der Waals surface area contributed by atoms with Crippen LogP contribution in [0.2, 0.25) is 0 Å². The van der Waals surface area contributed by atoms with Gasteiger partial charge in [-0.3, -0.25) is 0 Å². The maximum absolute atomic E-state index is 12.5. The van der Waals surface area contributed by atoms with Crippen LogP contribution < -0.4 is 4.74 Å². The molecule has 0 unspecified atom stereocenters. The van der Waals surface area contributed by atoms with Crippen molar-refractivity contribution < 1.29 is 9.53 Å². The zero-order valence-electron chi connectivity index (χ0n) is 19.1. The molecule has 0 saturated heterocycles. The van der Waals surface area contributed by atoms with Gasteiger partial charge in [0.2, 0.25) is 0 Å². The average molecular weight is 415 g/mol. The summed E-state index contributed by atoms with van der Waals surface area (Å²) in [4.78, 5) is 12.5. The fourth-order valence-corrected chi connectivity index (χ4v) is 3.79. The monoisotopic (exact) mass is 414 g/mol. The summed E-state index contributed by atoms with van der Waals surface area (Å²) in [5, 5.41) is 0. The Morgan fingerprint density at radius 3 is 2.06 bits per heavy atom. The molecule has 0 aliphatic rings. The Balaban J connectivity index is 1.62. The van der Waals surface area contributed by atoms with Crippen molar-refractivity contribution in [2.75, 3.05) is 0 Å². The number of esters is 1. The molecule has 0 saturated carbocycles. The lowest BCUT2D eigenvalue weighted by molar-refractivity contribution is 0.0735. The summed E-state index contributed by atoms with van der Waals surface area (Å²) < 4.78 is 5.57. The molecule has 3 aromatic rings. The molecule has 162 valence electrons. The van der Waals surface area contributed by atoms with E-state index in [0.29, 0.717) is 11.3 Å². The predicted molar refractivity (Wildman–Crippen MR) is 130 cm³/mol. The lowest BCUT2D eigenvalue weighted by Gasteiger charge is -2.10. The number of hydrogen-bond acceptors (Lipinski definition) is 2. The molecule has 0 spiro atoms. The second-order valence-corrected chi connectivity index (χ2v) is 8.31. The minimum absolute atomic E-state index is 0.318. The van der Waals surface area contributed by atoms with Crippen LogP contribution in [-0.2, 0) is 12.8 Å². The summed E-state index contributed by atoms with van der Waals surface area (Å²) in [6, 6.07) is 22.2. The van der Waals surface area contributed by atoms with E-state index in [1.165, 1.54) is 47.9 Å². The van der Waals surface area contributed by atoms with E-state index in [2.05, 4.69) is 39.0 Å². The van der Waals surface area contributed by atoms with Gasteiger partial charge in [0.1, 0.15) is 5.75 Å². The zero-order valence-corrected chi connectivity index (χ0v) is 19.1. The maximum atomic E-state index is 12.5. The van der Waals surface area contributed by atoms with Gasteiger partial charge in [-0.1, -0.05) is 75.6 Å². The summed E-state index contributed by atoms with van der Waals surface area (Å²) in [6.07, 6.45) is 8.31. The summed E-state index contributed by atoms with van der Waals surface area (Å²) >= 11 is 0. The van der Waals surface area contributed by atoms with Crippen LogP contribution in [0.4, 0.5) is 0 Å².